The maximum absolute atomic E-state index is 5.38. The van der Waals surface area contributed by atoms with Crippen molar-refractivity contribution in [2.24, 2.45) is 0 Å². The molecule has 0 unspecified atom stereocenters. The van der Waals surface area contributed by atoms with Crippen molar-refractivity contribution in [2.75, 3.05) is 31.2 Å². The normalized spacial score (nSPS) is 15.5. The van der Waals surface area contributed by atoms with Crippen LogP contribution in [0.4, 0.5) is 5.69 Å². The third-order valence-electron chi connectivity index (χ3n) is 3.52. The van der Waals surface area contributed by atoms with Crippen molar-refractivity contribution in [1.29, 1.82) is 0 Å². The number of nitrogens with zero attached hydrogens (tertiary/aromatic N) is 1. The average molecular weight is 288 g/mol. The fourth-order valence-corrected chi connectivity index (χ4v) is 3.06. The van der Waals surface area contributed by atoms with Gasteiger partial charge in [-0.3, -0.25) is 0 Å². The van der Waals surface area contributed by atoms with Gasteiger partial charge in [0, 0.05) is 36.7 Å². The van der Waals surface area contributed by atoms with Gasteiger partial charge in [-0.25, -0.2) is 0 Å². The molecule has 0 radical (unpaired) electrons. The fourth-order valence-electron chi connectivity index (χ4n) is 2.39. The van der Waals surface area contributed by atoms with Crippen LogP contribution in [0.1, 0.15) is 10.4 Å². The Bertz CT molecular complexity index is 504. The van der Waals surface area contributed by atoms with Crippen LogP contribution >= 0.6 is 11.3 Å². The lowest BCUT2D eigenvalue weighted by Crippen LogP contribution is -2.36. The Labute approximate surface area is 124 Å². The summed E-state index contributed by atoms with van der Waals surface area (Å²) in [5, 5.41) is 5.60. The van der Waals surface area contributed by atoms with Crippen LogP contribution in [-0.2, 0) is 17.8 Å². The Morgan fingerprint density at radius 1 is 1.05 bits per heavy atom. The van der Waals surface area contributed by atoms with Crippen LogP contribution in [-0.4, -0.2) is 26.3 Å². The first-order chi connectivity index (χ1) is 9.92. The Balaban J connectivity index is 1.50. The Hall–Kier alpha value is -1.36. The standard InChI is InChI=1S/C16H20N2OS/c1-2-16(20-11-1)13-17-12-14-3-5-15(6-4-14)18-7-9-19-10-8-18/h1-6,11,17H,7-10,12-13H2. The van der Waals surface area contributed by atoms with Gasteiger partial charge in [-0.05, 0) is 29.1 Å². The second kappa shape index (κ2) is 6.88. The molecule has 0 spiro atoms. The zero-order chi connectivity index (χ0) is 13.6. The summed E-state index contributed by atoms with van der Waals surface area (Å²) in [7, 11) is 0. The molecule has 0 atom stereocenters. The topological polar surface area (TPSA) is 24.5 Å². The van der Waals surface area contributed by atoms with Gasteiger partial charge in [-0.15, -0.1) is 11.3 Å². The molecule has 1 aromatic carbocycles. The molecule has 106 valence electrons. The van der Waals surface area contributed by atoms with Crippen molar-refractivity contribution in [3.05, 3.63) is 52.2 Å². The van der Waals surface area contributed by atoms with Crippen LogP contribution in [0.3, 0.4) is 0 Å². The maximum atomic E-state index is 5.38. The summed E-state index contributed by atoms with van der Waals surface area (Å²) in [5.41, 5.74) is 2.63. The maximum Gasteiger partial charge on any atom is 0.0642 e. The third kappa shape index (κ3) is 3.60. The zero-order valence-electron chi connectivity index (χ0n) is 11.5. The van der Waals surface area contributed by atoms with Crippen LogP contribution in [0.25, 0.3) is 0 Å². The minimum atomic E-state index is 0.837. The molecule has 1 aliphatic rings. The summed E-state index contributed by atoms with van der Waals surface area (Å²) in [6, 6.07) is 13.1. The van der Waals surface area contributed by atoms with Gasteiger partial charge in [0.1, 0.15) is 0 Å². The monoisotopic (exact) mass is 288 g/mol. The lowest BCUT2D eigenvalue weighted by molar-refractivity contribution is 0.122. The molecule has 2 aromatic rings. The van der Waals surface area contributed by atoms with E-state index in [1.807, 2.05) is 0 Å². The van der Waals surface area contributed by atoms with Gasteiger partial charge in [-0.2, -0.15) is 0 Å². The number of hydrogen-bond donors (Lipinski definition) is 1. The van der Waals surface area contributed by atoms with Crippen molar-refractivity contribution in [3.8, 4) is 0 Å². The highest BCUT2D eigenvalue weighted by Crippen LogP contribution is 2.16. The molecule has 3 rings (SSSR count). The van der Waals surface area contributed by atoms with E-state index in [0.29, 0.717) is 0 Å². The van der Waals surface area contributed by atoms with Gasteiger partial charge >= 0.3 is 0 Å². The van der Waals surface area contributed by atoms with E-state index in [4.69, 9.17) is 4.74 Å². The molecule has 1 saturated heterocycles. The lowest BCUT2D eigenvalue weighted by Gasteiger charge is -2.28. The van der Waals surface area contributed by atoms with Gasteiger partial charge in [0.15, 0.2) is 0 Å². The molecule has 1 aromatic heterocycles. The number of nitrogens with one attached hydrogen (secondary N) is 1. The van der Waals surface area contributed by atoms with Gasteiger partial charge in [-0.1, -0.05) is 18.2 Å². The summed E-state index contributed by atoms with van der Waals surface area (Å²) < 4.78 is 5.38. The largest absolute Gasteiger partial charge is 0.378 e. The summed E-state index contributed by atoms with van der Waals surface area (Å²) in [6.45, 7) is 5.53. The van der Waals surface area contributed by atoms with Crippen molar-refractivity contribution in [2.45, 2.75) is 13.1 Å². The molecular weight excluding hydrogens is 268 g/mol. The molecular formula is C16H20N2OS. The van der Waals surface area contributed by atoms with Gasteiger partial charge in [0.2, 0.25) is 0 Å². The van der Waals surface area contributed by atoms with Crippen LogP contribution in [0.5, 0.6) is 0 Å². The molecule has 1 aliphatic heterocycles. The van der Waals surface area contributed by atoms with E-state index >= 15 is 0 Å². The second-order valence-electron chi connectivity index (χ2n) is 4.95. The molecule has 0 bridgehead atoms. The molecule has 20 heavy (non-hydrogen) atoms. The number of morpholine rings is 1. The van der Waals surface area contributed by atoms with Crippen LogP contribution in [0.15, 0.2) is 41.8 Å². The van der Waals surface area contributed by atoms with Crippen molar-refractivity contribution in [1.82, 2.24) is 5.32 Å². The van der Waals surface area contributed by atoms with Crippen molar-refractivity contribution in [3.63, 3.8) is 0 Å². The Morgan fingerprint density at radius 3 is 2.55 bits per heavy atom. The highest BCUT2D eigenvalue weighted by atomic mass is 32.1. The zero-order valence-corrected chi connectivity index (χ0v) is 12.4. The van der Waals surface area contributed by atoms with E-state index in [0.717, 1.165) is 39.4 Å². The predicted octanol–water partition coefficient (Wildman–Crippen LogP) is 2.87. The summed E-state index contributed by atoms with van der Waals surface area (Å²) >= 11 is 1.80. The summed E-state index contributed by atoms with van der Waals surface area (Å²) in [5.74, 6) is 0. The van der Waals surface area contributed by atoms with Crippen molar-refractivity contribution >= 4 is 17.0 Å². The van der Waals surface area contributed by atoms with Crippen LogP contribution in [0.2, 0.25) is 0 Å². The van der Waals surface area contributed by atoms with E-state index < -0.39 is 0 Å². The van der Waals surface area contributed by atoms with E-state index in [1.165, 1.54) is 16.1 Å². The highest BCUT2D eigenvalue weighted by Gasteiger charge is 2.10. The molecule has 0 amide bonds. The second-order valence-corrected chi connectivity index (χ2v) is 5.98. The third-order valence-corrected chi connectivity index (χ3v) is 4.40. The first-order valence-electron chi connectivity index (χ1n) is 7.06. The lowest BCUT2D eigenvalue weighted by atomic mass is 10.2. The molecule has 1 fully saturated rings. The quantitative estimate of drug-likeness (QED) is 0.915. The van der Waals surface area contributed by atoms with Crippen LogP contribution < -0.4 is 10.2 Å². The summed E-state index contributed by atoms with van der Waals surface area (Å²) in [4.78, 5) is 3.77. The number of ether oxygens (including phenoxy) is 1. The average Bonchev–Trinajstić information content (AvgIpc) is 3.02. The van der Waals surface area contributed by atoms with Gasteiger partial charge < -0.3 is 15.0 Å². The summed E-state index contributed by atoms with van der Waals surface area (Å²) in [6.07, 6.45) is 0. The smallest absolute Gasteiger partial charge is 0.0642 e. The number of rotatable bonds is 5. The van der Waals surface area contributed by atoms with Crippen LogP contribution in [0, 0.1) is 0 Å². The molecule has 0 aliphatic carbocycles. The Morgan fingerprint density at radius 2 is 1.85 bits per heavy atom. The predicted molar refractivity (Wildman–Crippen MR) is 84.3 cm³/mol. The highest BCUT2D eigenvalue weighted by molar-refractivity contribution is 7.09. The minimum absolute atomic E-state index is 0.837. The Kier molecular flexibility index (Phi) is 4.69. The van der Waals surface area contributed by atoms with Gasteiger partial charge in [0.05, 0.1) is 13.2 Å². The molecule has 4 heteroatoms. The molecule has 3 nitrogen and oxygen atoms in total. The van der Waals surface area contributed by atoms with Crippen molar-refractivity contribution < 1.29 is 4.74 Å². The van der Waals surface area contributed by atoms with Gasteiger partial charge in [0.25, 0.3) is 0 Å². The van der Waals surface area contributed by atoms with E-state index in [1.54, 1.807) is 11.3 Å². The van der Waals surface area contributed by atoms with E-state index in [2.05, 4.69) is 52.0 Å². The first kappa shape index (κ1) is 13.6. The van der Waals surface area contributed by atoms with E-state index in [-0.39, 0.29) is 0 Å². The minimum Gasteiger partial charge on any atom is -0.378 e. The van der Waals surface area contributed by atoms with E-state index in [9.17, 15) is 0 Å². The number of hydrogen-bond acceptors (Lipinski definition) is 4. The molecule has 0 saturated carbocycles. The fraction of sp³-hybridized carbons (Fsp3) is 0.375. The number of thiophene rings is 1. The number of anilines is 1. The molecule has 1 N–H and O–H groups in total. The number of benzene rings is 1. The molecule has 2 heterocycles. The SMILES string of the molecule is c1csc(CNCc2ccc(N3CCOCC3)cc2)c1. The first-order valence-corrected chi connectivity index (χ1v) is 7.94.